The van der Waals surface area contributed by atoms with E-state index in [1.165, 1.54) is 9.35 Å². The number of rotatable bonds is 3. The molecule has 1 aromatic rings. The van der Waals surface area contributed by atoms with Gasteiger partial charge in [0.05, 0.1) is 6.04 Å². The van der Waals surface area contributed by atoms with E-state index < -0.39 is 0 Å². The Morgan fingerprint density at radius 3 is 2.53 bits per heavy atom. The molecule has 1 saturated heterocycles. The van der Waals surface area contributed by atoms with Gasteiger partial charge in [0.2, 0.25) is 0 Å². The number of hydrogen-bond donors (Lipinski definition) is 1. The zero-order valence-electron chi connectivity index (χ0n) is 9.39. The molecule has 1 aromatic heterocycles. The minimum absolute atomic E-state index is 0. The van der Waals surface area contributed by atoms with Crippen LogP contribution in [-0.2, 0) is 0 Å². The lowest BCUT2D eigenvalue weighted by Crippen LogP contribution is -2.44. The van der Waals surface area contributed by atoms with E-state index in [1.54, 1.807) is 11.3 Å². The van der Waals surface area contributed by atoms with Crippen molar-refractivity contribution in [2.45, 2.75) is 6.04 Å². The summed E-state index contributed by atoms with van der Waals surface area (Å²) in [6.07, 6.45) is 2.04. The number of hydrogen-bond acceptors (Lipinski definition) is 3. The molecule has 0 saturated carbocycles. The summed E-state index contributed by atoms with van der Waals surface area (Å²) in [7, 11) is 0. The number of halogens is 3. The summed E-state index contributed by atoms with van der Waals surface area (Å²) in [6, 6.07) is 2.47. The van der Waals surface area contributed by atoms with Crippen molar-refractivity contribution in [3.05, 3.63) is 33.5 Å². The molecule has 98 valence electrons. The number of thiophene rings is 1. The Morgan fingerprint density at radius 1 is 1.41 bits per heavy atom. The summed E-state index contributed by atoms with van der Waals surface area (Å²) in [5, 5.41) is 5.49. The lowest BCUT2D eigenvalue weighted by molar-refractivity contribution is 0.205. The van der Waals surface area contributed by atoms with Gasteiger partial charge in [-0.25, -0.2) is 0 Å². The summed E-state index contributed by atoms with van der Waals surface area (Å²) in [5.74, 6) is 0. The van der Waals surface area contributed by atoms with Crippen LogP contribution >= 0.6 is 52.1 Å². The standard InChI is InChI=1S/C11H15BrN2S.2ClH/c1-2-10(11-9(12)3-8-15-11)14-6-4-13-5-7-14;;/h2-3,8,10,13H,1,4-7H2;2*1H/t10-;;/m1../s1. The van der Waals surface area contributed by atoms with Gasteiger partial charge in [0.1, 0.15) is 0 Å². The summed E-state index contributed by atoms with van der Waals surface area (Å²) in [6.45, 7) is 8.31. The molecule has 1 atom stereocenters. The maximum absolute atomic E-state index is 3.96. The molecule has 0 radical (unpaired) electrons. The van der Waals surface area contributed by atoms with Crippen LogP contribution in [0.5, 0.6) is 0 Å². The predicted molar refractivity (Wildman–Crippen MR) is 83.9 cm³/mol. The second kappa shape index (κ2) is 8.51. The fourth-order valence-electron chi connectivity index (χ4n) is 1.90. The van der Waals surface area contributed by atoms with E-state index in [0.717, 1.165) is 26.2 Å². The molecule has 1 fully saturated rings. The molecule has 1 aliphatic heterocycles. The number of nitrogens with zero attached hydrogens (tertiary/aromatic N) is 1. The average molecular weight is 360 g/mol. The first kappa shape index (κ1) is 17.4. The third-order valence-corrected chi connectivity index (χ3v) is 4.62. The number of piperazine rings is 1. The average Bonchev–Trinajstić information content (AvgIpc) is 2.68. The van der Waals surface area contributed by atoms with Gasteiger partial charge in [-0.3, -0.25) is 4.90 Å². The highest BCUT2D eigenvalue weighted by molar-refractivity contribution is 9.10. The Balaban J connectivity index is 0.00000128. The minimum Gasteiger partial charge on any atom is -0.314 e. The van der Waals surface area contributed by atoms with Crippen molar-refractivity contribution in [1.82, 2.24) is 10.2 Å². The highest BCUT2D eigenvalue weighted by Gasteiger charge is 2.21. The first-order valence-corrected chi connectivity index (χ1v) is 6.80. The molecule has 17 heavy (non-hydrogen) atoms. The van der Waals surface area contributed by atoms with E-state index >= 15 is 0 Å². The third kappa shape index (κ3) is 4.23. The Morgan fingerprint density at radius 2 is 2.06 bits per heavy atom. The molecule has 0 spiro atoms. The molecule has 6 heteroatoms. The van der Waals surface area contributed by atoms with Gasteiger partial charge >= 0.3 is 0 Å². The van der Waals surface area contributed by atoms with E-state index in [-0.39, 0.29) is 24.8 Å². The van der Waals surface area contributed by atoms with Crippen LogP contribution in [0.4, 0.5) is 0 Å². The molecule has 0 unspecified atom stereocenters. The van der Waals surface area contributed by atoms with E-state index in [1.807, 2.05) is 6.08 Å². The van der Waals surface area contributed by atoms with Crippen LogP contribution in [0.25, 0.3) is 0 Å². The van der Waals surface area contributed by atoms with Crippen LogP contribution in [0, 0.1) is 0 Å². The Kier molecular flexibility index (Phi) is 8.72. The monoisotopic (exact) mass is 358 g/mol. The molecule has 0 aromatic carbocycles. The Labute approximate surface area is 127 Å². The van der Waals surface area contributed by atoms with Gasteiger partial charge in [-0.05, 0) is 27.4 Å². The van der Waals surface area contributed by atoms with Crippen LogP contribution in [0.3, 0.4) is 0 Å². The minimum atomic E-state index is 0. The SMILES string of the molecule is C=C[C@H](c1sccc1Br)N1CCNCC1.Cl.Cl. The first-order valence-electron chi connectivity index (χ1n) is 5.13. The van der Waals surface area contributed by atoms with Crippen molar-refractivity contribution in [3.8, 4) is 0 Å². The molecule has 1 N–H and O–H groups in total. The van der Waals surface area contributed by atoms with Crippen molar-refractivity contribution in [2.75, 3.05) is 26.2 Å². The molecular formula is C11H17BrCl2N2S. The normalized spacial score (nSPS) is 17.7. The van der Waals surface area contributed by atoms with Gasteiger partial charge < -0.3 is 5.32 Å². The lowest BCUT2D eigenvalue weighted by Gasteiger charge is -2.32. The van der Waals surface area contributed by atoms with Gasteiger partial charge in [-0.15, -0.1) is 42.7 Å². The first-order chi connectivity index (χ1) is 7.33. The van der Waals surface area contributed by atoms with Crippen LogP contribution in [0.2, 0.25) is 0 Å². The zero-order chi connectivity index (χ0) is 10.7. The molecule has 0 amide bonds. The summed E-state index contributed by atoms with van der Waals surface area (Å²) in [4.78, 5) is 3.84. The molecule has 2 heterocycles. The second-order valence-electron chi connectivity index (χ2n) is 3.60. The van der Waals surface area contributed by atoms with Crippen LogP contribution in [-0.4, -0.2) is 31.1 Å². The highest BCUT2D eigenvalue weighted by atomic mass is 79.9. The largest absolute Gasteiger partial charge is 0.314 e. The maximum atomic E-state index is 3.96. The van der Waals surface area contributed by atoms with E-state index in [9.17, 15) is 0 Å². The quantitative estimate of drug-likeness (QED) is 0.831. The maximum Gasteiger partial charge on any atom is 0.0635 e. The van der Waals surface area contributed by atoms with E-state index in [4.69, 9.17) is 0 Å². The zero-order valence-corrected chi connectivity index (χ0v) is 13.4. The predicted octanol–water partition coefficient (Wildman–Crippen LogP) is 3.49. The smallest absolute Gasteiger partial charge is 0.0635 e. The fraction of sp³-hybridized carbons (Fsp3) is 0.455. The molecule has 1 aliphatic rings. The van der Waals surface area contributed by atoms with Crippen LogP contribution < -0.4 is 5.32 Å². The fourth-order valence-corrected chi connectivity index (χ4v) is 3.64. The van der Waals surface area contributed by atoms with Crippen LogP contribution in [0.1, 0.15) is 10.9 Å². The highest BCUT2D eigenvalue weighted by Crippen LogP contribution is 2.33. The van der Waals surface area contributed by atoms with Gasteiger partial charge in [0.25, 0.3) is 0 Å². The summed E-state index contributed by atoms with van der Waals surface area (Å²) >= 11 is 5.39. The van der Waals surface area contributed by atoms with Crippen molar-refractivity contribution in [2.24, 2.45) is 0 Å². The Bertz CT molecular complexity index is 340. The summed E-state index contributed by atoms with van der Waals surface area (Å²) < 4.78 is 1.20. The summed E-state index contributed by atoms with van der Waals surface area (Å²) in [5.41, 5.74) is 0. The molecule has 0 bridgehead atoms. The molecule has 0 aliphatic carbocycles. The van der Waals surface area contributed by atoms with E-state index in [0.29, 0.717) is 6.04 Å². The van der Waals surface area contributed by atoms with Crippen molar-refractivity contribution in [3.63, 3.8) is 0 Å². The van der Waals surface area contributed by atoms with Gasteiger partial charge in [0.15, 0.2) is 0 Å². The van der Waals surface area contributed by atoms with Crippen LogP contribution in [0.15, 0.2) is 28.6 Å². The van der Waals surface area contributed by atoms with Gasteiger partial charge in [0, 0.05) is 35.5 Å². The topological polar surface area (TPSA) is 15.3 Å². The van der Waals surface area contributed by atoms with Crippen molar-refractivity contribution < 1.29 is 0 Å². The van der Waals surface area contributed by atoms with Gasteiger partial charge in [-0.2, -0.15) is 0 Å². The van der Waals surface area contributed by atoms with Crippen molar-refractivity contribution >= 4 is 52.1 Å². The lowest BCUT2D eigenvalue weighted by atomic mass is 10.2. The van der Waals surface area contributed by atoms with E-state index in [2.05, 4.69) is 44.2 Å². The molecule has 2 nitrogen and oxygen atoms in total. The third-order valence-electron chi connectivity index (χ3n) is 2.68. The Hall–Kier alpha value is 0.420. The van der Waals surface area contributed by atoms with Gasteiger partial charge in [-0.1, -0.05) is 6.08 Å². The number of nitrogens with one attached hydrogen (secondary N) is 1. The van der Waals surface area contributed by atoms with Crippen molar-refractivity contribution in [1.29, 1.82) is 0 Å². The molecular weight excluding hydrogens is 343 g/mol. The molecule has 2 rings (SSSR count). The second-order valence-corrected chi connectivity index (χ2v) is 5.40.